The molecular formula is C99H98F7IN12O8. The molecule has 20 nitrogen and oxygen atoms in total. The van der Waals surface area contributed by atoms with Gasteiger partial charge in [-0.3, -0.25) is 19.2 Å². The zero-order valence-electron chi connectivity index (χ0n) is 69.9. The predicted octanol–water partition coefficient (Wildman–Crippen LogP) is 21.1. The summed E-state index contributed by atoms with van der Waals surface area (Å²) in [7, 11) is 0. The maximum absolute atomic E-state index is 14.0. The van der Waals surface area contributed by atoms with Gasteiger partial charge in [-0.05, 0) is 144 Å². The number of nitrogens with one attached hydrogen (secondary N) is 4. The first-order valence-electron chi connectivity index (χ1n) is 42.9. The number of amides is 4. The standard InChI is InChI=1S/C25H22F5N3O2.C25H25F2N3O2.C25H26IN3O2.C24H25N3O2/c26-19-16(20(27)22(29)23(30)21(19)28)10-18(35)33-25-24(15-4-2-1-3-5-15)32-17(11-31-25)14-8-6-13(12-34)7-9-14;26-20-11-8-17(12-21(20)27)13-23(32)30-25-24(19-4-2-1-3-5-19)29-22(14-28-25)18-9-6-16(15-31)7-10-18;26-21-12-8-17(9-13-21)14-23(31)29-25-24(20-4-2-1-3-5-20)28-22(15-27-25)19-10-6-18(16-30)7-11-19;28-16-17-11-13-18(14-12-17)21-15-25-23(22(26-21)19-7-3-1-4-8-19)27-24(29)20-9-5-2-6-10-20/h6-9,11,15,34H,1-5,10,12H2,(H,31,33,35);6-12,14,19,31H,1-5,13,15H2,(H,28,30,32);6-13,15,20,30H,1-5,14,16H2,(H,27,29,31);2,5-6,9-15,19,28H,1,3-4,7-8,16H2,(H,25,27,29). The molecular weight excluding hydrogens is 1750 g/mol. The highest BCUT2D eigenvalue weighted by Crippen LogP contribution is 2.41. The van der Waals surface area contributed by atoms with Crippen LogP contribution < -0.4 is 21.3 Å². The van der Waals surface area contributed by atoms with Gasteiger partial charge in [-0.25, -0.2) is 70.6 Å². The minimum absolute atomic E-state index is 0.0163. The van der Waals surface area contributed by atoms with E-state index in [0.717, 1.165) is 178 Å². The third-order valence-electron chi connectivity index (χ3n) is 23.2. The first-order chi connectivity index (χ1) is 61.7. The molecule has 8 N–H and O–H groups in total. The summed E-state index contributed by atoms with van der Waals surface area (Å²) in [6.07, 6.45) is 27.0. The molecule has 4 fully saturated rings. The highest BCUT2D eigenvalue weighted by Gasteiger charge is 2.31. The number of benzene rings is 8. The van der Waals surface area contributed by atoms with Crippen LogP contribution in [-0.2, 0) is 60.1 Å². The number of aliphatic hydroxyl groups excluding tert-OH is 4. The van der Waals surface area contributed by atoms with Crippen molar-refractivity contribution >= 4 is 69.5 Å². The summed E-state index contributed by atoms with van der Waals surface area (Å²) in [5, 5.41) is 48.3. The van der Waals surface area contributed by atoms with E-state index in [1.54, 1.807) is 55.0 Å². The largest absolute Gasteiger partial charge is 0.392 e. The van der Waals surface area contributed by atoms with Crippen LogP contribution in [0.25, 0.3) is 45.0 Å². The Labute approximate surface area is 745 Å². The number of hydrogen-bond donors (Lipinski definition) is 8. The Balaban J connectivity index is 0.000000145. The lowest BCUT2D eigenvalue weighted by molar-refractivity contribution is -0.116. The minimum Gasteiger partial charge on any atom is -0.392 e. The van der Waals surface area contributed by atoms with Crippen molar-refractivity contribution in [1.29, 1.82) is 0 Å². The summed E-state index contributed by atoms with van der Waals surface area (Å²) in [6, 6.07) is 50.5. The number of aliphatic hydroxyl groups is 4. The van der Waals surface area contributed by atoms with Gasteiger partial charge in [-0.1, -0.05) is 211 Å². The molecule has 12 aromatic rings. The lowest BCUT2D eigenvalue weighted by Gasteiger charge is -2.23. The maximum Gasteiger partial charge on any atom is 0.256 e. The molecule has 0 unspecified atom stereocenters. The van der Waals surface area contributed by atoms with Crippen LogP contribution in [0.15, 0.2) is 195 Å². The highest BCUT2D eigenvalue weighted by atomic mass is 127. The van der Waals surface area contributed by atoms with Crippen LogP contribution in [0.3, 0.4) is 0 Å². The molecule has 4 aromatic heterocycles. The van der Waals surface area contributed by atoms with Crippen molar-refractivity contribution in [2.45, 2.75) is 198 Å². The Morgan fingerprint density at radius 1 is 0.315 bits per heavy atom. The van der Waals surface area contributed by atoms with Crippen molar-refractivity contribution in [2.75, 3.05) is 21.3 Å². The van der Waals surface area contributed by atoms with E-state index >= 15 is 0 Å². The summed E-state index contributed by atoms with van der Waals surface area (Å²) in [5.41, 5.74) is 13.4. The van der Waals surface area contributed by atoms with Crippen molar-refractivity contribution in [3.8, 4) is 45.0 Å². The van der Waals surface area contributed by atoms with Gasteiger partial charge >= 0.3 is 0 Å². The average Bonchev–Trinajstić information content (AvgIpc) is 0.769. The number of rotatable bonds is 23. The third kappa shape index (κ3) is 25.1. The van der Waals surface area contributed by atoms with Crippen molar-refractivity contribution in [3.05, 3.63) is 306 Å². The summed E-state index contributed by atoms with van der Waals surface area (Å²) in [4.78, 5) is 88.1. The van der Waals surface area contributed by atoms with Crippen LogP contribution in [0.1, 0.15) is 224 Å². The van der Waals surface area contributed by atoms with Crippen molar-refractivity contribution in [1.82, 2.24) is 39.9 Å². The van der Waals surface area contributed by atoms with E-state index in [0.29, 0.717) is 63.9 Å². The number of aromatic nitrogens is 8. The monoisotopic (exact) mass is 1840 g/mol. The molecule has 0 bridgehead atoms. The first kappa shape index (κ1) is 92.7. The molecule has 4 saturated carbocycles. The van der Waals surface area contributed by atoms with Gasteiger partial charge in [0.1, 0.15) is 0 Å². The molecule has 0 radical (unpaired) electrons. The Kier molecular flexibility index (Phi) is 33.2. The number of carbonyl (C=O) groups excluding carboxylic acids is 4. The molecule has 4 amide bonds. The molecule has 4 aliphatic rings. The van der Waals surface area contributed by atoms with E-state index in [1.807, 2.05) is 115 Å². The van der Waals surface area contributed by atoms with Crippen molar-refractivity contribution in [3.63, 3.8) is 0 Å². The molecule has 8 aromatic carbocycles. The molecule has 127 heavy (non-hydrogen) atoms. The van der Waals surface area contributed by atoms with Gasteiger partial charge in [-0.15, -0.1) is 0 Å². The second-order valence-corrected chi connectivity index (χ2v) is 33.4. The second kappa shape index (κ2) is 45.5. The number of nitrogens with zero attached hydrogens (tertiary/aromatic N) is 8. The molecule has 4 heterocycles. The fraction of sp³-hybridized carbons (Fsp3) is 0.313. The van der Waals surface area contributed by atoms with E-state index in [9.17, 15) is 70.3 Å². The second-order valence-electron chi connectivity index (χ2n) is 32.1. The Morgan fingerprint density at radius 2 is 0.598 bits per heavy atom. The summed E-state index contributed by atoms with van der Waals surface area (Å²) >= 11 is 2.26. The summed E-state index contributed by atoms with van der Waals surface area (Å²) in [6.45, 7) is -0.0932. The molecule has 0 aliphatic heterocycles. The smallest absolute Gasteiger partial charge is 0.256 e. The van der Waals surface area contributed by atoms with Crippen LogP contribution >= 0.6 is 22.6 Å². The van der Waals surface area contributed by atoms with Crippen LogP contribution in [0.4, 0.5) is 54.0 Å². The lowest BCUT2D eigenvalue weighted by atomic mass is 9.86. The van der Waals surface area contributed by atoms with E-state index < -0.39 is 58.6 Å². The molecule has 16 rings (SSSR count). The molecule has 0 saturated heterocycles. The molecule has 658 valence electrons. The fourth-order valence-corrected chi connectivity index (χ4v) is 16.6. The van der Waals surface area contributed by atoms with Crippen LogP contribution in [0.5, 0.6) is 0 Å². The normalized spacial score (nSPS) is 14.4. The number of hydrogen-bond acceptors (Lipinski definition) is 16. The summed E-state index contributed by atoms with van der Waals surface area (Å²) in [5.74, 6) is -11.7. The van der Waals surface area contributed by atoms with E-state index in [2.05, 4.69) is 63.8 Å². The average molecular weight is 1840 g/mol. The van der Waals surface area contributed by atoms with E-state index in [1.165, 1.54) is 57.2 Å². The summed E-state index contributed by atoms with van der Waals surface area (Å²) < 4.78 is 96.1. The van der Waals surface area contributed by atoms with Crippen molar-refractivity contribution in [2.24, 2.45) is 0 Å². The van der Waals surface area contributed by atoms with Gasteiger partial charge in [0.05, 0.1) is 116 Å². The maximum atomic E-state index is 14.0. The van der Waals surface area contributed by atoms with Gasteiger partial charge in [-0.2, -0.15) is 0 Å². The van der Waals surface area contributed by atoms with E-state index in [4.69, 9.17) is 19.9 Å². The molecule has 0 spiro atoms. The fourth-order valence-electron chi connectivity index (χ4n) is 16.2. The zero-order valence-corrected chi connectivity index (χ0v) is 72.1. The Hall–Kier alpha value is -12.0. The number of halogens is 8. The molecule has 4 aliphatic carbocycles. The Bertz CT molecular complexity index is 5720. The first-order valence-corrected chi connectivity index (χ1v) is 44.0. The van der Waals surface area contributed by atoms with Gasteiger partial charge in [0.2, 0.25) is 23.5 Å². The number of anilines is 4. The minimum atomic E-state index is -2.28. The lowest BCUT2D eigenvalue weighted by Crippen LogP contribution is -2.21. The zero-order chi connectivity index (χ0) is 89.3. The quantitative estimate of drug-likeness (QED) is 0.0128. The molecule has 28 heteroatoms. The van der Waals surface area contributed by atoms with Gasteiger partial charge in [0, 0.05) is 60.6 Å². The predicted molar refractivity (Wildman–Crippen MR) is 480 cm³/mol. The number of carbonyl (C=O) groups is 4. The van der Waals surface area contributed by atoms with Crippen LogP contribution in [0.2, 0.25) is 0 Å². The van der Waals surface area contributed by atoms with Crippen LogP contribution in [-0.4, -0.2) is 83.9 Å². The van der Waals surface area contributed by atoms with Gasteiger partial charge in [0.15, 0.2) is 58.2 Å². The third-order valence-corrected chi connectivity index (χ3v) is 23.9. The highest BCUT2D eigenvalue weighted by molar-refractivity contribution is 14.1. The van der Waals surface area contributed by atoms with Gasteiger partial charge < -0.3 is 41.7 Å². The van der Waals surface area contributed by atoms with Crippen LogP contribution in [0, 0.1) is 44.3 Å². The molecule has 0 atom stereocenters. The van der Waals surface area contributed by atoms with E-state index in [-0.39, 0.29) is 68.2 Å². The SMILES string of the molecule is O=C(Cc1c(F)c(F)c(F)c(F)c1F)Nc1ncc(-c2ccc(CO)cc2)nc1C1CCCCC1.O=C(Cc1ccc(F)c(F)c1)Nc1ncc(-c2ccc(CO)cc2)nc1C1CCCCC1.O=C(Cc1ccc(I)cc1)Nc1ncc(-c2ccc(CO)cc2)nc1C1CCCCC1.O=C(Nc1ncc(-c2ccc(CO)cc2)nc1C1CCCCC1)c1ccccc1. The van der Waals surface area contributed by atoms with Crippen molar-refractivity contribution < 1.29 is 70.3 Å². The Morgan fingerprint density at radius 3 is 0.913 bits per heavy atom. The van der Waals surface area contributed by atoms with Gasteiger partial charge in [0.25, 0.3) is 5.91 Å². The topological polar surface area (TPSA) is 300 Å².